The zero-order valence-corrected chi connectivity index (χ0v) is 18.7. The van der Waals surface area contributed by atoms with Gasteiger partial charge < -0.3 is 5.32 Å². The molecular weight excluding hydrogens is 422 g/mol. The van der Waals surface area contributed by atoms with E-state index in [-0.39, 0.29) is 5.91 Å². The molecule has 5 rings (SSSR count). The number of hydrogen-bond donors (Lipinski definition) is 1. The third-order valence-corrected chi connectivity index (χ3v) is 6.17. The molecule has 0 aliphatic rings. The molecule has 0 unspecified atom stereocenters. The zero-order chi connectivity index (χ0) is 22.2. The van der Waals surface area contributed by atoms with Crippen LogP contribution in [0.15, 0.2) is 54.3 Å². The van der Waals surface area contributed by atoms with Crippen molar-refractivity contribution in [2.24, 2.45) is 0 Å². The number of thiophene rings is 1. The van der Waals surface area contributed by atoms with Crippen molar-refractivity contribution in [1.82, 2.24) is 29.5 Å². The van der Waals surface area contributed by atoms with Crippen molar-refractivity contribution in [3.63, 3.8) is 0 Å². The summed E-state index contributed by atoms with van der Waals surface area (Å²) in [6.45, 7) is 6.03. The molecule has 8 nitrogen and oxygen atoms in total. The number of aromatic nitrogens is 6. The molecule has 0 fully saturated rings. The quantitative estimate of drug-likeness (QED) is 0.440. The second kappa shape index (κ2) is 8.01. The molecule has 0 bridgehead atoms. The molecule has 4 heterocycles. The van der Waals surface area contributed by atoms with Crippen LogP contribution in [0.2, 0.25) is 0 Å². The standard InChI is InChI=1S/C23H21N7OS/c1-14-6-7-17(9-15(14)2)29-22-19(12-26-29)23(25-13-24-22)30-20(10-16(3)28-30)27-21(31)11-18-5-4-8-32-18/h4-10,12-13H,11H2,1-3H3,(H,27,31). The van der Waals surface area contributed by atoms with Crippen LogP contribution in [-0.4, -0.2) is 35.4 Å². The summed E-state index contributed by atoms with van der Waals surface area (Å²) in [4.78, 5) is 22.5. The summed E-state index contributed by atoms with van der Waals surface area (Å²) in [5, 5.41) is 14.8. The predicted octanol–water partition coefficient (Wildman–Crippen LogP) is 4.17. The fraction of sp³-hybridized carbons (Fsp3) is 0.174. The predicted molar refractivity (Wildman–Crippen MR) is 125 cm³/mol. The molecule has 32 heavy (non-hydrogen) atoms. The topological polar surface area (TPSA) is 90.5 Å². The van der Waals surface area contributed by atoms with Gasteiger partial charge >= 0.3 is 0 Å². The highest BCUT2D eigenvalue weighted by atomic mass is 32.1. The van der Waals surface area contributed by atoms with Crippen LogP contribution in [0.5, 0.6) is 0 Å². The normalized spacial score (nSPS) is 11.2. The second-order valence-electron chi connectivity index (χ2n) is 7.65. The van der Waals surface area contributed by atoms with Crippen LogP contribution in [0.1, 0.15) is 21.7 Å². The molecule has 4 aromatic heterocycles. The highest BCUT2D eigenvalue weighted by Gasteiger charge is 2.18. The molecule has 0 saturated carbocycles. The van der Waals surface area contributed by atoms with Gasteiger partial charge in [-0.3, -0.25) is 4.79 Å². The largest absolute Gasteiger partial charge is 0.310 e. The maximum Gasteiger partial charge on any atom is 0.230 e. The lowest BCUT2D eigenvalue weighted by Gasteiger charge is -2.09. The minimum Gasteiger partial charge on any atom is -0.310 e. The van der Waals surface area contributed by atoms with Crippen LogP contribution in [0, 0.1) is 20.8 Å². The first-order valence-corrected chi connectivity index (χ1v) is 11.0. The Morgan fingerprint density at radius 3 is 2.72 bits per heavy atom. The highest BCUT2D eigenvalue weighted by Crippen LogP contribution is 2.25. The minimum atomic E-state index is -0.107. The Hall–Kier alpha value is -3.85. The first kappa shape index (κ1) is 20.1. The molecule has 0 spiro atoms. The van der Waals surface area contributed by atoms with E-state index in [1.807, 2.05) is 36.6 Å². The van der Waals surface area contributed by atoms with Crippen molar-refractivity contribution < 1.29 is 4.79 Å². The van der Waals surface area contributed by atoms with Gasteiger partial charge in [-0.1, -0.05) is 12.1 Å². The van der Waals surface area contributed by atoms with Gasteiger partial charge in [0.15, 0.2) is 11.5 Å². The van der Waals surface area contributed by atoms with Gasteiger partial charge in [0, 0.05) is 10.9 Å². The van der Waals surface area contributed by atoms with Gasteiger partial charge in [0.2, 0.25) is 5.91 Å². The summed E-state index contributed by atoms with van der Waals surface area (Å²) >= 11 is 1.56. The second-order valence-corrected chi connectivity index (χ2v) is 8.68. The van der Waals surface area contributed by atoms with Crippen molar-refractivity contribution in [3.05, 3.63) is 76.0 Å². The highest BCUT2D eigenvalue weighted by molar-refractivity contribution is 7.10. The van der Waals surface area contributed by atoms with Crippen LogP contribution >= 0.6 is 11.3 Å². The number of nitrogens with zero attached hydrogens (tertiary/aromatic N) is 6. The Kier molecular flexibility index (Phi) is 5.02. The van der Waals surface area contributed by atoms with Crippen molar-refractivity contribution in [3.8, 4) is 11.5 Å². The van der Waals surface area contributed by atoms with Gasteiger partial charge in [0.25, 0.3) is 0 Å². The van der Waals surface area contributed by atoms with Crippen molar-refractivity contribution >= 4 is 34.1 Å². The number of carbonyl (C=O) groups excluding carboxylic acids is 1. The van der Waals surface area contributed by atoms with Crippen LogP contribution in [0.3, 0.4) is 0 Å². The van der Waals surface area contributed by atoms with Gasteiger partial charge in [-0.05, 0) is 55.5 Å². The lowest BCUT2D eigenvalue weighted by molar-refractivity contribution is -0.115. The lowest BCUT2D eigenvalue weighted by atomic mass is 10.1. The number of carbonyl (C=O) groups is 1. The number of amides is 1. The Bertz CT molecular complexity index is 1430. The van der Waals surface area contributed by atoms with Gasteiger partial charge in [-0.15, -0.1) is 11.3 Å². The first-order chi connectivity index (χ1) is 15.5. The number of rotatable bonds is 5. The lowest BCUT2D eigenvalue weighted by Crippen LogP contribution is -2.17. The molecule has 1 N–H and O–H groups in total. The van der Waals surface area contributed by atoms with Crippen LogP contribution in [0.4, 0.5) is 5.82 Å². The van der Waals surface area contributed by atoms with Crippen LogP contribution in [0.25, 0.3) is 22.5 Å². The number of anilines is 1. The average Bonchev–Trinajstić information content (AvgIpc) is 3.50. The van der Waals surface area contributed by atoms with Gasteiger partial charge in [0.1, 0.15) is 12.1 Å². The van der Waals surface area contributed by atoms with Crippen molar-refractivity contribution in [1.29, 1.82) is 0 Å². The molecule has 0 saturated heterocycles. The molecule has 9 heteroatoms. The molecule has 5 aromatic rings. The summed E-state index contributed by atoms with van der Waals surface area (Å²) in [6.07, 6.45) is 3.53. The maximum atomic E-state index is 12.6. The molecule has 0 aliphatic heterocycles. The molecule has 0 aliphatic carbocycles. The Morgan fingerprint density at radius 1 is 1.06 bits per heavy atom. The fourth-order valence-corrected chi connectivity index (χ4v) is 4.26. The zero-order valence-electron chi connectivity index (χ0n) is 17.9. The molecular formula is C23H21N7OS. The molecule has 0 atom stereocenters. The first-order valence-electron chi connectivity index (χ1n) is 10.2. The number of hydrogen-bond acceptors (Lipinski definition) is 6. The van der Waals surface area contributed by atoms with E-state index in [4.69, 9.17) is 0 Å². The third-order valence-electron chi connectivity index (χ3n) is 5.29. The average molecular weight is 444 g/mol. The van der Waals surface area contributed by atoms with E-state index in [1.54, 1.807) is 26.9 Å². The Balaban J connectivity index is 1.53. The SMILES string of the molecule is Cc1cc(NC(=O)Cc2cccs2)n(-c2ncnc3c2cnn3-c2ccc(C)c(C)c2)n1. The van der Waals surface area contributed by atoms with Gasteiger partial charge in [-0.2, -0.15) is 14.9 Å². The van der Waals surface area contributed by atoms with E-state index in [0.29, 0.717) is 23.7 Å². The summed E-state index contributed by atoms with van der Waals surface area (Å²) < 4.78 is 3.43. The third kappa shape index (κ3) is 3.67. The summed E-state index contributed by atoms with van der Waals surface area (Å²) in [6, 6.07) is 11.9. The van der Waals surface area contributed by atoms with Crippen molar-refractivity contribution in [2.75, 3.05) is 5.32 Å². The summed E-state index contributed by atoms with van der Waals surface area (Å²) in [7, 11) is 0. The van der Waals surface area contributed by atoms with E-state index < -0.39 is 0 Å². The van der Waals surface area contributed by atoms with Crippen molar-refractivity contribution in [2.45, 2.75) is 27.2 Å². The Labute approximate surface area is 188 Å². The number of aryl methyl sites for hydroxylation is 3. The number of nitrogens with one attached hydrogen (secondary N) is 1. The smallest absolute Gasteiger partial charge is 0.230 e. The van der Waals surface area contributed by atoms with E-state index in [2.05, 4.69) is 51.5 Å². The monoisotopic (exact) mass is 443 g/mol. The summed E-state index contributed by atoms with van der Waals surface area (Å²) in [5.74, 6) is 1.01. The van der Waals surface area contributed by atoms with Gasteiger partial charge in [-0.25, -0.2) is 14.6 Å². The van der Waals surface area contributed by atoms with E-state index in [0.717, 1.165) is 21.6 Å². The minimum absolute atomic E-state index is 0.107. The molecule has 1 amide bonds. The number of fused-ring (bicyclic) bond motifs is 1. The number of benzene rings is 1. The van der Waals surface area contributed by atoms with E-state index in [9.17, 15) is 4.79 Å². The molecule has 1 aromatic carbocycles. The van der Waals surface area contributed by atoms with E-state index in [1.165, 1.54) is 17.5 Å². The Morgan fingerprint density at radius 2 is 1.94 bits per heavy atom. The maximum absolute atomic E-state index is 12.6. The van der Waals surface area contributed by atoms with Crippen LogP contribution in [-0.2, 0) is 11.2 Å². The summed E-state index contributed by atoms with van der Waals surface area (Å²) in [5.41, 5.74) is 4.76. The van der Waals surface area contributed by atoms with E-state index >= 15 is 0 Å². The van der Waals surface area contributed by atoms with Gasteiger partial charge in [0.05, 0.1) is 29.4 Å². The molecule has 160 valence electrons. The van der Waals surface area contributed by atoms with Crippen LogP contribution < -0.4 is 5.32 Å². The fourth-order valence-electron chi connectivity index (χ4n) is 3.56. The molecule has 0 radical (unpaired) electrons.